The van der Waals surface area contributed by atoms with Crippen LogP contribution in [0.1, 0.15) is 55.5 Å². The molecule has 30 heavy (non-hydrogen) atoms. The van der Waals surface area contributed by atoms with Crippen LogP contribution in [0.15, 0.2) is 48.5 Å². The lowest BCUT2D eigenvalue weighted by Gasteiger charge is -2.29. The molecule has 0 aromatic heterocycles. The van der Waals surface area contributed by atoms with Gasteiger partial charge in [-0.2, -0.15) is 0 Å². The van der Waals surface area contributed by atoms with Crippen molar-refractivity contribution in [2.75, 3.05) is 0 Å². The van der Waals surface area contributed by atoms with Gasteiger partial charge in [-0.05, 0) is 62.9 Å². The van der Waals surface area contributed by atoms with Crippen molar-refractivity contribution in [3.05, 3.63) is 65.5 Å². The summed E-state index contributed by atoms with van der Waals surface area (Å²) >= 11 is 0. The van der Waals surface area contributed by atoms with Gasteiger partial charge in [0, 0.05) is 29.6 Å². The number of ether oxygens (including phenoxy) is 1. The lowest BCUT2D eigenvalue weighted by atomic mass is 9.85. The summed E-state index contributed by atoms with van der Waals surface area (Å²) in [5, 5.41) is 6.04. The van der Waals surface area contributed by atoms with Crippen LogP contribution < -0.4 is 15.4 Å². The lowest BCUT2D eigenvalue weighted by Crippen LogP contribution is -2.43. The zero-order chi connectivity index (χ0) is 21.5. The fraction of sp³-hybridized carbons (Fsp3) is 0.417. The number of amides is 2. The highest BCUT2D eigenvalue weighted by molar-refractivity contribution is 5.94. The first-order valence-electron chi connectivity index (χ1n) is 10.5. The van der Waals surface area contributed by atoms with Gasteiger partial charge in [-0.25, -0.2) is 4.39 Å². The smallest absolute Gasteiger partial charge is 0.251 e. The van der Waals surface area contributed by atoms with E-state index < -0.39 is 0 Å². The van der Waals surface area contributed by atoms with Gasteiger partial charge in [-0.1, -0.05) is 24.6 Å². The molecule has 2 amide bonds. The summed E-state index contributed by atoms with van der Waals surface area (Å²) in [6, 6.07) is 13.3. The Morgan fingerprint density at radius 2 is 1.93 bits per heavy atom. The monoisotopic (exact) mass is 412 g/mol. The number of hydrogen-bond donors (Lipinski definition) is 2. The molecule has 0 heterocycles. The summed E-state index contributed by atoms with van der Waals surface area (Å²) in [6.07, 6.45) is 3.31. The number of rotatable bonds is 7. The summed E-state index contributed by atoms with van der Waals surface area (Å²) in [5.74, 6) is -0.0540. The standard InChI is InChI=1S/C24H29FN2O3/c1-16(2)26-23(28)19-8-4-10-21(13-19)27-24(29)18-7-3-6-17(12-18)15-30-22-11-5-9-20(25)14-22/h3,5-7,9,11-12,14,16,19,21H,4,8,10,13,15H2,1-2H3,(H,26,28)(H,27,29). The lowest BCUT2D eigenvalue weighted by molar-refractivity contribution is -0.126. The second-order valence-electron chi connectivity index (χ2n) is 8.14. The van der Waals surface area contributed by atoms with Gasteiger partial charge in [-0.15, -0.1) is 0 Å². The average Bonchev–Trinajstić information content (AvgIpc) is 2.72. The van der Waals surface area contributed by atoms with E-state index in [9.17, 15) is 14.0 Å². The summed E-state index contributed by atoms with van der Waals surface area (Å²) in [7, 11) is 0. The van der Waals surface area contributed by atoms with Crippen LogP contribution in [0, 0.1) is 11.7 Å². The first kappa shape index (κ1) is 21.8. The van der Waals surface area contributed by atoms with Crippen molar-refractivity contribution >= 4 is 11.8 Å². The van der Waals surface area contributed by atoms with Crippen molar-refractivity contribution in [2.24, 2.45) is 5.92 Å². The molecule has 2 unspecified atom stereocenters. The first-order chi connectivity index (χ1) is 14.4. The highest BCUT2D eigenvalue weighted by Gasteiger charge is 2.28. The summed E-state index contributed by atoms with van der Waals surface area (Å²) in [5.41, 5.74) is 1.37. The summed E-state index contributed by atoms with van der Waals surface area (Å²) in [6.45, 7) is 4.14. The van der Waals surface area contributed by atoms with Crippen LogP contribution in [0.4, 0.5) is 4.39 Å². The molecule has 2 N–H and O–H groups in total. The Hall–Kier alpha value is -2.89. The van der Waals surface area contributed by atoms with Gasteiger partial charge < -0.3 is 15.4 Å². The Balaban J connectivity index is 1.56. The van der Waals surface area contributed by atoms with Gasteiger partial charge in [0.15, 0.2) is 0 Å². The molecule has 2 aromatic carbocycles. The quantitative estimate of drug-likeness (QED) is 0.716. The maximum Gasteiger partial charge on any atom is 0.251 e. The van der Waals surface area contributed by atoms with E-state index in [-0.39, 0.29) is 42.2 Å². The molecule has 0 bridgehead atoms. The van der Waals surface area contributed by atoms with Crippen LogP contribution in [0.2, 0.25) is 0 Å². The minimum Gasteiger partial charge on any atom is -0.489 e. The molecule has 2 atom stereocenters. The second kappa shape index (κ2) is 10.2. The Kier molecular flexibility index (Phi) is 7.44. The topological polar surface area (TPSA) is 67.4 Å². The van der Waals surface area contributed by atoms with Crippen molar-refractivity contribution in [1.29, 1.82) is 0 Å². The Morgan fingerprint density at radius 3 is 2.70 bits per heavy atom. The third-order valence-electron chi connectivity index (χ3n) is 5.20. The number of carbonyl (C=O) groups excluding carboxylic acids is 2. The molecule has 1 aliphatic carbocycles. The molecular weight excluding hydrogens is 383 g/mol. The second-order valence-corrected chi connectivity index (χ2v) is 8.14. The van der Waals surface area contributed by atoms with E-state index in [4.69, 9.17) is 4.74 Å². The molecule has 5 nitrogen and oxygen atoms in total. The van der Waals surface area contributed by atoms with Gasteiger partial charge in [0.2, 0.25) is 5.91 Å². The molecular formula is C24H29FN2O3. The highest BCUT2D eigenvalue weighted by atomic mass is 19.1. The van der Waals surface area contributed by atoms with E-state index in [2.05, 4.69) is 10.6 Å². The van der Waals surface area contributed by atoms with Crippen LogP contribution in [0.3, 0.4) is 0 Å². The number of carbonyl (C=O) groups is 2. The molecule has 1 aliphatic rings. The van der Waals surface area contributed by atoms with Gasteiger partial charge in [-0.3, -0.25) is 9.59 Å². The molecule has 0 spiro atoms. The molecule has 1 saturated carbocycles. The normalized spacial score (nSPS) is 18.7. The number of nitrogens with one attached hydrogen (secondary N) is 2. The molecule has 6 heteroatoms. The summed E-state index contributed by atoms with van der Waals surface area (Å²) in [4.78, 5) is 25.0. The number of benzene rings is 2. The van der Waals surface area contributed by atoms with Gasteiger partial charge >= 0.3 is 0 Å². The zero-order valence-corrected chi connectivity index (χ0v) is 17.5. The fourth-order valence-electron chi connectivity index (χ4n) is 3.76. The Labute approximate surface area is 177 Å². The molecule has 1 fully saturated rings. The zero-order valence-electron chi connectivity index (χ0n) is 17.5. The molecule has 0 aliphatic heterocycles. The SMILES string of the molecule is CC(C)NC(=O)C1CCCC(NC(=O)c2cccc(COc3cccc(F)c3)c2)C1. The van der Waals surface area contributed by atoms with Crippen LogP contribution in [-0.2, 0) is 11.4 Å². The molecule has 160 valence electrons. The van der Waals surface area contributed by atoms with Crippen LogP contribution >= 0.6 is 0 Å². The minimum atomic E-state index is -0.353. The summed E-state index contributed by atoms with van der Waals surface area (Å²) < 4.78 is 18.9. The van der Waals surface area contributed by atoms with Crippen molar-refractivity contribution in [2.45, 2.75) is 58.2 Å². The molecule has 0 saturated heterocycles. The van der Waals surface area contributed by atoms with Crippen molar-refractivity contribution in [3.63, 3.8) is 0 Å². The van der Waals surface area contributed by atoms with E-state index >= 15 is 0 Å². The van der Waals surface area contributed by atoms with E-state index in [1.54, 1.807) is 30.3 Å². The fourth-order valence-corrected chi connectivity index (χ4v) is 3.76. The van der Waals surface area contributed by atoms with Crippen LogP contribution in [0.5, 0.6) is 5.75 Å². The Bertz CT molecular complexity index is 884. The van der Waals surface area contributed by atoms with Crippen LogP contribution in [-0.4, -0.2) is 23.9 Å². The third-order valence-corrected chi connectivity index (χ3v) is 5.20. The first-order valence-corrected chi connectivity index (χ1v) is 10.5. The van der Waals surface area contributed by atoms with Gasteiger partial charge in [0.25, 0.3) is 5.91 Å². The van der Waals surface area contributed by atoms with Crippen LogP contribution in [0.25, 0.3) is 0 Å². The van der Waals surface area contributed by atoms with Crippen molar-refractivity contribution in [3.8, 4) is 5.75 Å². The van der Waals surface area contributed by atoms with Gasteiger partial charge in [0.05, 0.1) is 0 Å². The predicted molar refractivity (Wildman–Crippen MR) is 114 cm³/mol. The number of halogens is 1. The van der Waals surface area contributed by atoms with Crippen molar-refractivity contribution in [1.82, 2.24) is 10.6 Å². The van der Waals surface area contributed by atoms with E-state index in [0.717, 1.165) is 24.8 Å². The molecule has 0 radical (unpaired) electrons. The predicted octanol–water partition coefficient (Wildman–Crippen LogP) is 4.22. The molecule has 2 aromatic rings. The maximum atomic E-state index is 13.3. The minimum absolute atomic E-state index is 0.0126. The van der Waals surface area contributed by atoms with Crippen molar-refractivity contribution < 1.29 is 18.7 Å². The number of hydrogen-bond acceptors (Lipinski definition) is 3. The van der Waals surface area contributed by atoms with E-state index in [1.807, 2.05) is 19.9 Å². The largest absolute Gasteiger partial charge is 0.489 e. The van der Waals surface area contributed by atoms with Gasteiger partial charge in [0.1, 0.15) is 18.2 Å². The average molecular weight is 413 g/mol. The third kappa shape index (κ3) is 6.31. The molecule has 3 rings (SSSR count). The van der Waals surface area contributed by atoms with E-state index in [1.165, 1.54) is 12.1 Å². The Morgan fingerprint density at radius 1 is 1.13 bits per heavy atom. The maximum absolute atomic E-state index is 13.3. The highest BCUT2D eigenvalue weighted by Crippen LogP contribution is 2.25. The van der Waals surface area contributed by atoms with E-state index in [0.29, 0.717) is 17.7 Å².